The van der Waals surface area contributed by atoms with Crippen molar-refractivity contribution in [2.45, 2.75) is 11.8 Å². The predicted molar refractivity (Wildman–Crippen MR) is 68.3 cm³/mol. The zero-order chi connectivity index (χ0) is 15.5. The molecular weight excluding hydrogens is 314 g/mol. The number of nitro benzene ring substituents is 1. The normalized spacial score (nSPS) is 11.3. The SMILES string of the molecule is Cc1c(Cl)cc(S(=O)(=O)NOCC(N)=O)cc1[N+](=O)[O-]. The van der Waals surface area contributed by atoms with Crippen molar-refractivity contribution in [1.82, 2.24) is 4.89 Å². The number of rotatable bonds is 6. The molecule has 0 saturated heterocycles. The second-order valence-electron chi connectivity index (χ2n) is 3.65. The first kappa shape index (κ1) is 16.3. The summed E-state index contributed by atoms with van der Waals surface area (Å²) in [6.07, 6.45) is 0. The highest BCUT2D eigenvalue weighted by Gasteiger charge is 2.22. The average Bonchev–Trinajstić information content (AvgIpc) is 2.31. The highest BCUT2D eigenvalue weighted by Crippen LogP contribution is 2.29. The first-order chi connectivity index (χ1) is 9.15. The Balaban J connectivity index is 3.13. The zero-order valence-corrected chi connectivity index (χ0v) is 11.7. The molecule has 0 aliphatic rings. The minimum atomic E-state index is -4.22. The number of hydrogen-bond donors (Lipinski definition) is 2. The summed E-state index contributed by atoms with van der Waals surface area (Å²) in [6, 6.07) is 1.86. The van der Waals surface area contributed by atoms with E-state index in [9.17, 15) is 23.3 Å². The lowest BCUT2D eigenvalue weighted by Crippen LogP contribution is -2.29. The number of carbonyl (C=O) groups excluding carboxylic acids is 1. The van der Waals surface area contributed by atoms with Crippen molar-refractivity contribution in [3.63, 3.8) is 0 Å². The lowest BCUT2D eigenvalue weighted by Gasteiger charge is -2.08. The number of nitrogens with zero attached hydrogens (tertiary/aromatic N) is 1. The zero-order valence-electron chi connectivity index (χ0n) is 10.1. The molecule has 0 aromatic heterocycles. The van der Waals surface area contributed by atoms with E-state index in [1.54, 1.807) is 4.89 Å². The van der Waals surface area contributed by atoms with Gasteiger partial charge in [-0.3, -0.25) is 19.7 Å². The van der Waals surface area contributed by atoms with Crippen molar-refractivity contribution in [1.29, 1.82) is 0 Å². The fraction of sp³-hybridized carbons (Fsp3) is 0.222. The van der Waals surface area contributed by atoms with Crippen LogP contribution in [0, 0.1) is 17.0 Å². The number of sulfonamides is 1. The molecule has 9 nitrogen and oxygen atoms in total. The van der Waals surface area contributed by atoms with Crippen molar-refractivity contribution in [3.05, 3.63) is 32.8 Å². The first-order valence-corrected chi connectivity index (χ1v) is 6.87. The molecule has 0 spiro atoms. The minimum Gasteiger partial charge on any atom is -0.368 e. The molecule has 110 valence electrons. The minimum absolute atomic E-state index is 0.0884. The van der Waals surface area contributed by atoms with Crippen LogP contribution in [-0.2, 0) is 19.7 Å². The molecular formula is C9H10ClN3O6S. The molecule has 0 aliphatic heterocycles. The monoisotopic (exact) mass is 323 g/mol. The molecule has 11 heteroatoms. The van der Waals surface area contributed by atoms with Crippen LogP contribution >= 0.6 is 11.6 Å². The quantitative estimate of drug-likeness (QED) is 0.567. The summed E-state index contributed by atoms with van der Waals surface area (Å²) >= 11 is 5.74. The molecule has 0 saturated carbocycles. The van der Waals surface area contributed by atoms with Crippen LogP contribution in [0.5, 0.6) is 0 Å². The maximum absolute atomic E-state index is 11.8. The highest BCUT2D eigenvalue weighted by molar-refractivity contribution is 7.89. The fourth-order valence-electron chi connectivity index (χ4n) is 1.21. The molecule has 0 radical (unpaired) electrons. The summed E-state index contributed by atoms with van der Waals surface area (Å²) in [5.74, 6) is -0.888. The van der Waals surface area contributed by atoms with E-state index >= 15 is 0 Å². The summed E-state index contributed by atoms with van der Waals surface area (Å²) in [6.45, 7) is 0.703. The molecule has 0 heterocycles. The number of carbonyl (C=O) groups is 1. The number of benzene rings is 1. The molecule has 0 bridgehead atoms. The van der Waals surface area contributed by atoms with E-state index in [4.69, 9.17) is 17.3 Å². The summed E-state index contributed by atoms with van der Waals surface area (Å²) in [5, 5.41) is 10.7. The van der Waals surface area contributed by atoms with E-state index in [0.717, 1.165) is 12.1 Å². The Morgan fingerprint density at radius 3 is 2.65 bits per heavy atom. The van der Waals surface area contributed by atoms with Crippen LogP contribution in [0.15, 0.2) is 17.0 Å². The van der Waals surface area contributed by atoms with Crippen LogP contribution in [0.2, 0.25) is 5.02 Å². The lowest BCUT2D eigenvalue weighted by atomic mass is 10.2. The van der Waals surface area contributed by atoms with Gasteiger partial charge in [0.15, 0.2) is 0 Å². The lowest BCUT2D eigenvalue weighted by molar-refractivity contribution is -0.385. The van der Waals surface area contributed by atoms with Gasteiger partial charge in [0.25, 0.3) is 15.7 Å². The molecule has 1 aromatic carbocycles. The van der Waals surface area contributed by atoms with Gasteiger partial charge in [0.1, 0.15) is 6.61 Å². The summed E-state index contributed by atoms with van der Waals surface area (Å²) in [7, 11) is -4.22. The van der Waals surface area contributed by atoms with Gasteiger partial charge >= 0.3 is 0 Å². The Bertz CT molecular complexity index is 660. The number of nitrogens with one attached hydrogen (secondary N) is 1. The van der Waals surface area contributed by atoms with E-state index in [1.807, 2.05) is 0 Å². The Kier molecular flexibility index (Phi) is 5.00. The van der Waals surface area contributed by atoms with Crippen LogP contribution in [-0.4, -0.2) is 25.9 Å². The Morgan fingerprint density at radius 1 is 1.55 bits per heavy atom. The molecule has 0 fully saturated rings. The van der Waals surface area contributed by atoms with Gasteiger partial charge in [-0.1, -0.05) is 16.5 Å². The maximum Gasteiger partial charge on any atom is 0.275 e. The molecule has 0 unspecified atom stereocenters. The Morgan fingerprint density at radius 2 is 2.15 bits per heavy atom. The number of amides is 1. The molecule has 1 amide bonds. The second-order valence-corrected chi connectivity index (χ2v) is 5.70. The van der Waals surface area contributed by atoms with E-state index in [2.05, 4.69) is 4.84 Å². The van der Waals surface area contributed by atoms with Crippen molar-refractivity contribution < 1.29 is 23.0 Å². The van der Waals surface area contributed by atoms with Crippen LogP contribution in [0.4, 0.5) is 5.69 Å². The number of halogens is 1. The van der Waals surface area contributed by atoms with Gasteiger partial charge in [0.2, 0.25) is 5.91 Å². The third-order valence-corrected chi connectivity index (χ3v) is 3.77. The van der Waals surface area contributed by atoms with Crippen molar-refractivity contribution >= 4 is 33.2 Å². The molecule has 3 N–H and O–H groups in total. The Hall–Kier alpha value is -1.75. The maximum atomic E-state index is 11.8. The van der Waals surface area contributed by atoms with Gasteiger partial charge in [0, 0.05) is 11.6 Å². The van der Waals surface area contributed by atoms with E-state index in [0.29, 0.717) is 0 Å². The van der Waals surface area contributed by atoms with Gasteiger partial charge in [-0.15, -0.1) is 0 Å². The highest BCUT2D eigenvalue weighted by atomic mass is 35.5. The third-order valence-electron chi connectivity index (χ3n) is 2.18. The van der Waals surface area contributed by atoms with Gasteiger partial charge < -0.3 is 5.73 Å². The largest absolute Gasteiger partial charge is 0.368 e. The van der Waals surface area contributed by atoms with Gasteiger partial charge in [-0.25, -0.2) is 8.42 Å². The molecule has 1 aromatic rings. The van der Waals surface area contributed by atoms with Crippen molar-refractivity contribution in [2.24, 2.45) is 5.73 Å². The number of nitrogens with two attached hydrogens (primary N) is 1. The van der Waals surface area contributed by atoms with Gasteiger partial charge in [-0.2, -0.15) is 0 Å². The molecule has 20 heavy (non-hydrogen) atoms. The topological polar surface area (TPSA) is 142 Å². The van der Waals surface area contributed by atoms with Crippen molar-refractivity contribution in [2.75, 3.05) is 6.61 Å². The van der Waals surface area contributed by atoms with Gasteiger partial charge in [0.05, 0.1) is 14.8 Å². The molecule has 1 rings (SSSR count). The first-order valence-electron chi connectivity index (χ1n) is 5.01. The number of nitro groups is 1. The van der Waals surface area contributed by atoms with E-state index in [-0.39, 0.29) is 10.6 Å². The smallest absolute Gasteiger partial charge is 0.275 e. The number of hydrogen-bond acceptors (Lipinski definition) is 6. The number of primary amides is 1. The average molecular weight is 324 g/mol. The van der Waals surface area contributed by atoms with Crippen molar-refractivity contribution in [3.8, 4) is 0 Å². The Labute approximate surface area is 118 Å². The molecule has 0 atom stereocenters. The second kappa shape index (κ2) is 6.13. The fourth-order valence-corrected chi connectivity index (χ4v) is 2.34. The van der Waals surface area contributed by atoms with Crippen LogP contribution in [0.3, 0.4) is 0 Å². The summed E-state index contributed by atoms with van der Waals surface area (Å²) < 4.78 is 23.6. The third kappa shape index (κ3) is 3.87. The predicted octanol–water partition coefficient (Wildman–Crippen LogP) is 0.252. The van der Waals surface area contributed by atoms with E-state index < -0.39 is 38.0 Å². The standard InChI is InChI=1S/C9H10ClN3O6S/c1-5-7(10)2-6(3-8(5)13(15)16)20(17,18)12-19-4-9(11)14/h2-3,12H,4H2,1H3,(H2,11,14). The molecule has 0 aliphatic carbocycles. The van der Waals surface area contributed by atoms with Crippen LogP contribution in [0.1, 0.15) is 5.56 Å². The van der Waals surface area contributed by atoms with Crippen LogP contribution < -0.4 is 10.6 Å². The van der Waals surface area contributed by atoms with Crippen LogP contribution in [0.25, 0.3) is 0 Å². The summed E-state index contributed by atoms with van der Waals surface area (Å²) in [5.41, 5.74) is 4.44. The summed E-state index contributed by atoms with van der Waals surface area (Å²) in [4.78, 5) is 26.0. The van der Waals surface area contributed by atoms with Gasteiger partial charge in [-0.05, 0) is 13.0 Å². The van der Waals surface area contributed by atoms with E-state index in [1.165, 1.54) is 6.92 Å².